The molecule has 1 heterocycles. The van der Waals surface area contributed by atoms with Crippen LogP contribution in [-0.4, -0.2) is 11.4 Å². The van der Waals surface area contributed by atoms with Gasteiger partial charge in [0, 0.05) is 5.57 Å². The Hall–Kier alpha value is -2.13. The number of hydrogen-bond acceptors (Lipinski definition) is 2. The number of rotatable bonds is 1. The van der Waals surface area contributed by atoms with Crippen LogP contribution in [0.25, 0.3) is 16.8 Å². The van der Waals surface area contributed by atoms with E-state index in [1.54, 1.807) is 0 Å². The van der Waals surface area contributed by atoms with E-state index in [2.05, 4.69) is 68.0 Å². The first-order chi connectivity index (χ1) is 10.7. The lowest BCUT2D eigenvalue weighted by atomic mass is 9.81. The third-order valence-corrected chi connectivity index (χ3v) is 4.45. The monoisotopic (exact) mass is 308 g/mol. The van der Waals surface area contributed by atoms with Crippen LogP contribution in [-0.2, 0) is 10.2 Å². The number of carbonyl (C=O) groups excluding carboxylic acids is 1. The van der Waals surface area contributed by atoms with E-state index in [1.165, 1.54) is 16.3 Å². The zero-order valence-corrected chi connectivity index (χ0v) is 14.4. The Morgan fingerprint density at radius 1 is 1.04 bits per heavy atom. The predicted octanol–water partition coefficient (Wildman–Crippen LogP) is 3.93. The van der Waals surface area contributed by atoms with Crippen molar-refractivity contribution in [1.82, 2.24) is 10.9 Å². The van der Waals surface area contributed by atoms with Gasteiger partial charge in [-0.05, 0) is 47.2 Å². The maximum atomic E-state index is 12.2. The van der Waals surface area contributed by atoms with Crippen LogP contribution in [0, 0.1) is 0 Å². The molecule has 2 aromatic carbocycles. The molecule has 1 fully saturated rings. The van der Waals surface area contributed by atoms with E-state index in [9.17, 15) is 4.79 Å². The van der Waals surface area contributed by atoms with Crippen LogP contribution < -0.4 is 10.9 Å². The van der Waals surface area contributed by atoms with Gasteiger partial charge in [-0.1, -0.05) is 57.2 Å². The third-order valence-electron chi connectivity index (χ3n) is 4.45. The molecule has 2 aromatic rings. The van der Waals surface area contributed by atoms with Crippen molar-refractivity contribution in [2.45, 2.75) is 45.6 Å². The Bertz CT molecular complexity index is 805. The van der Waals surface area contributed by atoms with Gasteiger partial charge in [0.1, 0.15) is 0 Å². The summed E-state index contributed by atoms with van der Waals surface area (Å²) in [6, 6.07) is 12.7. The molecule has 2 N–H and O–H groups in total. The van der Waals surface area contributed by atoms with Crippen molar-refractivity contribution in [3.63, 3.8) is 0 Å². The normalized spacial score (nSPS) is 19.3. The number of fused-ring (bicyclic) bond motifs is 1. The highest BCUT2D eigenvalue weighted by molar-refractivity contribution is 6.04. The van der Waals surface area contributed by atoms with Gasteiger partial charge in [0.15, 0.2) is 0 Å². The predicted molar refractivity (Wildman–Crippen MR) is 96.0 cm³/mol. The Morgan fingerprint density at radius 3 is 2.26 bits per heavy atom. The Balaban J connectivity index is 2.29. The summed E-state index contributed by atoms with van der Waals surface area (Å²) in [6.07, 6.45) is 2.02. The van der Waals surface area contributed by atoms with Gasteiger partial charge < -0.3 is 0 Å². The average molecular weight is 308 g/mol. The second-order valence-corrected chi connectivity index (χ2v) is 7.76. The summed E-state index contributed by atoms with van der Waals surface area (Å²) >= 11 is 0. The van der Waals surface area contributed by atoms with E-state index in [0.29, 0.717) is 0 Å². The van der Waals surface area contributed by atoms with Gasteiger partial charge in [-0.2, -0.15) is 0 Å². The van der Waals surface area contributed by atoms with Crippen LogP contribution in [0.2, 0.25) is 0 Å². The lowest BCUT2D eigenvalue weighted by Crippen LogP contribution is -2.38. The van der Waals surface area contributed by atoms with Crippen LogP contribution >= 0.6 is 0 Å². The first-order valence-electron chi connectivity index (χ1n) is 8.02. The number of nitrogens with one attached hydrogen (secondary N) is 2. The molecule has 0 aromatic heterocycles. The minimum atomic E-state index is -0.379. The average Bonchev–Trinajstić information content (AvgIpc) is 2.73. The van der Waals surface area contributed by atoms with Crippen LogP contribution in [0.5, 0.6) is 0 Å². The second-order valence-electron chi connectivity index (χ2n) is 7.76. The number of benzene rings is 2. The summed E-state index contributed by atoms with van der Waals surface area (Å²) in [5.41, 5.74) is 8.57. The molecule has 0 bridgehead atoms. The van der Waals surface area contributed by atoms with E-state index in [1.807, 2.05) is 19.9 Å². The van der Waals surface area contributed by atoms with Gasteiger partial charge >= 0.3 is 0 Å². The highest BCUT2D eigenvalue weighted by Crippen LogP contribution is 2.34. The summed E-state index contributed by atoms with van der Waals surface area (Å²) in [5.74, 6) is -0.0553. The zero-order chi connectivity index (χ0) is 16.8. The minimum absolute atomic E-state index is 0.0415. The molecule has 1 aliphatic rings. The van der Waals surface area contributed by atoms with Crippen molar-refractivity contribution < 1.29 is 4.79 Å². The van der Waals surface area contributed by atoms with Crippen molar-refractivity contribution in [3.05, 3.63) is 53.1 Å². The molecule has 23 heavy (non-hydrogen) atoms. The Morgan fingerprint density at radius 2 is 1.70 bits per heavy atom. The summed E-state index contributed by atoms with van der Waals surface area (Å²) in [5, 5.41) is 2.43. The van der Waals surface area contributed by atoms with Crippen molar-refractivity contribution in [3.8, 4) is 0 Å². The van der Waals surface area contributed by atoms with Gasteiger partial charge in [-0.25, -0.2) is 5.43 Å². The first-order valence-corrected chi connectivity index (χ1v) is 8.02. The van der Waals surface area contributed by atoms with Crippen LogP contribution in [0.1, 0.15) is 45.7 Å². The van der Waals surface area contributed by atoms with Gasteiger partial charge in [0.25, 0.3) is 5.91 Å². The molecule has 3 heteroatoms. The molecule has 0 saturated carbocycles. The molecular weight excluding hydrogens is 284 g/mol. The van der Waals surface area contributed by atoms with E-state index < -0.39 is 0 Å². The molecule has 120 valence electrons. The maximum absolute atomic E-state index is 12.2. The molecule has 0 aliphatic carbocycles. The second kappa shape index (κ2) is 5.20. The number of hydrogen-bond donors (Lipinski definition) is 2. The molecule has 1 aliphatic heterocycles. The van der Waals surface area contributed by atoms with E-state index in [-0.39, 0.29) is 16.9 Å². The number of hydrazine groups is 1. The third kappa shape index (κ3) is 2.77. The highest BCUT2D eigenvalue weighted by Gasteiger charge is 2.35. The van der Waals surface area contributed by atoms with Gasteiger partial charge in [0.2, 0.25) is 0 Å². The maximum Gasteiger partial charge on any atom is 0.263 e. The smallest absolute Gasteiger partial charge is 0.263 e. The van der Waals surface area contributed by atoms with Crippen molar-refractivity contribution in [2.24, 2.45) is 0 Å². The van der Waals surface area contributed by atoms with Crippen LogP contribution in [0.4, 0.5) is 0 Å². The highest BCUT2D eigenvalue weighted by atomic mass is 16.2. The van der Waals surface area contributed by atoms with Crippen molar-refractivity contribution in [1.29, 1.82) is 0 Å². The lowest BCUT2D eigenvalue weighted by molar-refractivity contribution is -0.116. The Labute approximate surface area is 137 Å². The van der Waals surface area contributed by atoms with E-state index in [4.69, 9.17) is 0 Å². The molecule has 0 atom stereocenters. The summed E-state index contributed by atoms with van der Waals surface area (Å²) in [4.78, 5) is 12.2. The zero-order valence-electron chi connectivity index (χ0n) is 14.4. The van der Waals surface area contributed by atoms with Crippen LogP contribution in [0.15, 0.2) is 42.0 Å². The van der Waals surface area contributed by atoms with Crippen molar-refractivity contribution >= 4 is 22.8 Å². The molecule has 1 amide bonds. The van der Waals surface area contributed by atoms with Gasteiger partial charge in [-0.3, -0.25) is 10.2 Å². The summed E-state index contributed by atoms with van der Waals surface area (Å²) < 4.78 is 0. The van der Waals surface area contributed by atoms with Crippen LogP contribution in [0.3, 0.4) is 0 Å². The summed E-state index contributed by atoms with van der Waals surface area (Å²) in [6.45, 7) is 10.7. The minimum Gasteiger partial charge on any atom is -0.287 e. The largest absolute Gasteiger partial charge is 0.287 e. The molecule has 3 rings (SSSR count). The molecule has 0 unspecified atom stereocenters. The number of amides is 1. The number of carbonyl (C=O) groups is 1. The summed E-state index contributed by atoms with van der Waals surface area (Å²) in [7, 11) is 0. The molecule has 3 nitrogen and oxygen atoms in total. The topological polar surface area (TPSA) is 41.1 Å². The molecular formula is C20H24N2O. The molecule has 0 spiro atoms. The SMILES string of the molecule is CC1(C)NNC(=O)/C1=C\c1cccc2cccc(C(C)(C)C)c12. The molecule has 1 saturated heterocycles. The fourth-order valence-corrected chi connectivity index (χ4v) is 3.15. The van der Waals surface area contributed by atoms with Gasteiger partial charge in [-0.15, -0.1) is 0 Å². The van der Waals surface area contributed by atoms with E-state index >= 15 is 0 Å². The standard InChI is InChI=1S/C20H24N2O/c1-19(2,3)15-11-7-9-13-8-6-10-14(17(13)15)12-16-18(23)21-22-20(16,4)5/h6-12,22H,1-5H3,(H,21,23)/b16-12+. The quantitative estimate of drug-likeness (QED) is 0.784. The fourth-order valence-electron chi connectivity index (χ4n) is 3.15. The first kappa shape index (κ1) is 15.8. The molecule has 0 radical (unpaired) electrons. The Kier molecular flexibility index (Phi) is 3.56. The van der Waals surface area contributed by atoms with Crippen molar-refractivity contribution in [2.75, 3.05) is 0 Å². The fraction of sp³-hybridized carbons (Fsp3) is 0.350. The van der Waals surface area contributed by atoms with Gasteiger partial charge in [0.05, 0.1) is 5.54 Å². The lowest BCUT2D eigenvalue weighted by Gasteiger charge is -2.23. The van der Waals surface area contributed by atoms with E-state index in [0.717, 1.165) is 11.1 Å².